The SMILES string of the molecule is CCOc1cc(/C=c2/sc3n(c2=O)[C@H](c2ccc(OC)c(OC)c2)C2=C(N=3)c3ccccc3CC2)ccc1OC. The summed E-state index contributed by atoms with van der Waals surface area (Å²) in [5.74, 6) is 2.56. The number of thiazole rings is 1. The predicted octanol–water partition coefficient (Wildman–Crippen LogP) is 4.74. The number of ether oxygens (including phenoxy) is 4. The Morgan fingerprint density at radius 2 is 1.68 bits per heavy atom. The van der Waals surface area contributed by atoms with E-state index in [2.05, 4.69) is 18.2 Å². The lowest BCUT2D eigenvalue weighted by Gasteiger charge is -2.31. The van der Waals surface area contributed by atoms with Crippen LogP contribution in [0.15, 0.2) is 76.0 Å². The molecule has 204 valence electrons. The third-order valence-electron chi connectivity index (χ3n) is 7.38. The van der Waals surface area contributed by atoms with Crippen LogP contribution in [-0.2, 0) is 6.42 Å². The Balaban J connectivity index is 1.58. The molecule has 0 saturated carbocycles. The molecule has 2 aliphatic rings. The van der Waals surface area contributed by atoms with Crippen LogP contribution >= 0.6 is 11.3 Å². The van der Waals surface area contributed by atoms with Gasteiger partial charge in [-0.05, 0) is 72.4 Å². The van der Waals surface area contributed by atoms with Gasteiger partial charge in [-0.1, -0.05) is 47.7 Å². The summed E-state index contributed by atoms with van der Waals surface area (Å²) in [6.07, 6.45) is 3.60. The second-order valence-corrected chi connectivity index (χ2v) is 10.6. The molecule has 1 atom stereocenters. The first kappa shape index (κ1) is 26.0. The maximum absolute atomic E-state index is 14.1. The highest BCUT2D eigenvalue weighted by Gasteiger charge is 2.33. The molecule has 0 spiro atoms. The molecule has 7 nitrogen and oxygen atoms in total. The molecular formula is C32H30N2O5S. The summed E-state index contributed by atoms with van der Waals surface area (Å²) in [5.41, 5.74) is 6.22. The van der Waals surface area contributed by atoms with E-state index in [1.807, 2.05) is 60.0 Å². The molecule has 1 aromatic heterocycles. The van der Waals surface area contributed by atoms with Gasteiger partial charge in [0.25, 0.3) is 5.56 Å². The second-order valence-electron chi connectivity index (χ2n) is 9.57. The summed E-state index contributed by atoms with van der Waals surface area (Å²) in [6.45, 7) is 2.44. The number of benzene rings is 3. The van der Waals surface area contributed by atoms with Gasteiger partial charge >= 0.3 is 0 Å². The Labute approximate surface area is 236 Å². The first-order valence-electron chi connectivity index (χ1n) is 13.2. The Hall–Kier alpha value is -4.30. The molecule has 0 fully saturated rings. The van der Waals surface area contributed by atoms with Crippen molar-refractivity contribution in [2.45, 2.75) is 25.8 Å². The highest BCUT2D eigenvalue weighted by Crippen LogP contribution is 2.42. The van der Waals surface area contributed by atoms with Crippen LogP contribution in [0.1, 0.15) is 41.6 Å². The van der Waals surface area contributed by atoms with E-state index >= 15 is 0 Å². The monoisotopic (exact) mass is 554 g/mol. The lowest BCUT2D eigenvalue weighted by molar-refractivity contribution is 0.311. The van der Waals surface area contributed by atoms with Crippen molar-refractivity contribution in [2.75, 3.05) is 27.9 Å². The van der Waals surface area contributed by atoms with Crippen LogP contribution in [-0.4, -0.2) is 32.5 Å². The minimum atomic E-state index is -0.309. The third kappa shape index (κ3) is 4.38. The summed E-state index contributed by atoms with van der Waals surface area (Å²) >= 11 is 1.40. The summed E-state index contributed by atoms with van der Waals surface area (Å²) < 4.78 is 24.8. The van der Waals surface area contributed by atoms with Crippen molar-refractivity contribution in [3.05, 3.63) is 108 Å². The average molecular weight is 555 g/mol. The summed E-state index contributed by atoms with van der Waals surface area (Å²) in [4.78, 5) is 19.9. The number of aryl methyl sites for hydroxylation is 1. The number of hydrogen-bond acceptors (Lipinski definition) is 7. The van der Waals surface area contributed by atoms with E-state index in [1.54, 1.807) is 21.3 Å². The topological polar surface area (TPSA) is 71.3 Å². The van der Waals surface area contributed by atoms with Crippen LogP contribution in [0, 0.1) is 0 Å². The van der Waals surface area contributed by atoms with Crippen LogP contribution < -0.4 is 33.8 Å². The van der Waals surface area contributed by atoms with Crippen molar-refractivity contribution in [3.8, 4) is 23.0 Å². The number of rotatable bonds is 7. The first-order valence-corrected chi connectivity index (χ1v) is 14.0. The normalized spacial score (nSPS) is 16.0. The van der Waals surface area contributed by atoms with Crippen molar-refractivity contribution in [2.24, 2.45) is 4.99 Å². The van der Waals surface area contributed by atoms with Crippen LogP contribution in [0.4, 0.5) is 0 Å². The van der Waals surface area contributed by atoms with E-state index in [4.69, 9.17) is 23.9 Å². The molecule has 40 heavy (non-hydrogen) atoms. The number of fused-ring (bicyclic) bond motifs is 3. The van der Waals surface area contributed by atoms with Crippen molar-refractivity contribution < 1.29 is 18.9 Å². The number of allylic oxidation sites excluding steroid dienone is 1. The zero-order chi connectivity index (χ0) is 27.8. The molecule has 0 amide bonds. The van der Waals surface area contributed by atoms with Crippen molar-refractivity contribution in [1.82, 2.24) is 4.57 Å². The Morgan fingerprint density at radius 3 is 2.45 bits per heavy atom. The largest absolute Gasteiger partial charge is 0.493 e. The van der Waals surface area contributed by atoms with Gasteiger partial charge in [-0.3, -0.25) is 9.36 Å². The van der Waals surface area contributed by atoms with Gasteiger partial charge in [-0.25, -0.2) is 4.99 Å². The van der Waals surface area contributed by atoms with Crippen molar-refractivity contribution >= 4 is 23.1 Å². The lowest BCUT2D eigenvalue weighted by Crippen LogP contribution is -2.38. The summed E-state index contributed by atoms with van der Waals surface area (Å²) in [6, 6.07) is 19.6. The first-order chi connectivity index (χ1) is 19.6. The molecule has 6 rings (SSSR count). The molecule has 8 heteroatoms. The minimum Gasteiger partial charge on any atom is -0.493 e. The van der Waals surface area contributed by atoms with E-state index in [0.29, 0.717) is 38.9 Å². The van der Waals surface area contributed by atoms with Crippen molar-refractivity contribution in [3.63, 3.8) is 0 Å². The van der Waals surface area contributed by atoms with Gasteiger partial charge in [0, 0.05) is 5.56 Å². The van der Waals surface area contributed by atoms with Gasteiger partial charge in [0.2, 0.25) is 0 Å². The van der Waals surface area contributed by atoms with Gasteiger partial charge in [0.1, 0.15) is 0 Å². The van der Waals surface area contributed by atoms with Crippen molar-refractivity contribution in [1.29, 1.82) is 0 Å². The smallest absolute Gasteiger partial charge is 0.271 e. The third-order valence-corrected chi connectivity index (χ3v) is 8.36. The molecule has 0 N–H and O–H groups in total. The van der Waals surface area contributed by atoms with E-state index < -0.39 is 0 Å². The maximum atomic E-state index is 14.1. The van der Waals surface area contributed by atoms with E-state index in [-0.39, 0.29) is 11.6 Å². The minimum absolute atomic E-state index is 0.0808. The molecule has 0 bridgehead atoms. The standard InChI is InChI=1S/C32H30N2O5S/c1-5-39-27-16-19(10-14-25(27)37-3)17-28-31(35)34-30(21-12-15-24(36-2)26(18-21)38-4)23-13-11-20-8-6-7-9-22(20)29(23)33-32(34)40-28/h6-10,12,14-18,30H,5,11,13H2,1-4H3/b28-17+/t30-/m1/s1. The van der Waals surface area contributed by atoms with E-state index in [0.717, 1.165) is 40.8 Å². The quantitative estimate of drug-likeness (QED) is 0.330. The van der Waals surface area contributed by atoms with Crippen LogP contribution in [0.3, 0.4) is 0 Å². The predicted molar refractivity (Wildman–Crippen MR) is 156 cm³/mol. The molecule has 0 saturated heterocycles. The fourth-order valence-corrected chi connectivity index (χ4v) is 6.55. The van der Waals surface area contributed by atoms with Crippen LogP contribution in [0.2, 0.25) is 0 Å². The Bertz CT molecular complexity index is 1820. The van der Waals surface area contributed by atoms with E-state index in [1.165, 1.54) is 16.9 Å². The Morgan fingerprint density at radius 1 is 0.925 bits per heavy atom. The molecule has 4 aromatic rings. The number of hydrogen-bond donors (Lipinski definition) is 0. The van der Waals surface area contributed by atoms with Gasteiger partial charge in [-0.2, -0.15) is 0 Å². The highest BCUT2D eigenvalue weighted by molar-refractivity contribution is 7.07. The number of methoxy groups -OCH3 is 3. The van der Waals surface area contributed by atoms with Gasteiger partial charge < -0.3 is 18.9 Å². The van der Waals surface area contributed by atoms with Gasteiger partial charge in [-0.15, -0.1) is 0 Å². The Kier molecular flexibility index (Phi) is 6.94. The molecule has 0 unspecified atom stereocenters. The fraction of sp³-hybridized carbons (Fsp3) is 0.250. The van der Waals surface area contributed by atoms with Crippen LogP contribution in [0.25, 0.3) is 11.8 Å². The molecule has 1 aliphatic carbocycles. The molecule has 1 aliphatic heterocycles. The molecule has 3 aromatic carbocycles. The summed E-state index contributed by atoms with van der Waals surface area (Å²) in [7, 11) is 4.86. The van der Waals surface area contributed by atoms with Gasteiger partial charge in [0.15, 0.2) is 27.8 Å². The molecule has 0 radical (unpaired) electrons. The zero-order valence-electron chi connectivity index (χ0n) is 22.9. The molecule has 2 heterocycles. The average Bonchev–Trinajstić information content (AvgIpc) is 3.30. The fourth-order valence-electron chi connectivity index (χ4n) is 5.55. The second kappa shape index (κ2) is 10.7. The maximum Gasteiger partial charge on any atom is 0.271 e. The summed E-state index contributed by atoms with van der Waals surface area (Å²) in [5, 5.41) is 0. The number of aromatic nitrogens is 1. The lowest BCUT2D eigenvalue weighted by atomic mass is 9.83. The zero-order valence-corrected chi connectivity index (χ0v) is 23.7. The van der Waals surface area contributed by atoms with Crippen LogP contribution in [0.5, 0.6) is 23.0 Å². The van der Waals surface area contributed by atoms with Gasteiger partial charge in [0.05, 0.1) is 44.2 Å². The highest BCUT2D eigenvalue weighted by atomic mass is 32.1. The van der Waals surface area contributed by atoms with E-state index in [9.17, 15) is 4.79 Å². The molecular weight excluding hydrogens is 524 g/mol. The number of nitrogens with zero attached hydrogens (tertiary/aromatic N) is 2.